The minimum absolute atomic E-state index is 0.0566. The van der Waals surface area contributed by atoms with Crippen LogP contribution in [0, 0.1) is 11.6 Å². The van der Waals surface area contributed by atoms with Crippen molar-refractivity contribution < 1.29 is 13.6 Å². The molecule has 2 aromatic rings. The van der Waals surface area contributed by atoms with Crippen LogP contribution < -0.4 is 0 Å². The summed E-state index contributed by atoms with van der Waals surface area (Å²) in [7, 11) is 0. The smallest absolute Gasteiger partial charge is 0.260 e. The number of carbonyl (C=O) groups is 1. The Balaban J connectivity index is 1.77. The summed E-state index contributed by atoms with van der Waals surface area (Å²) in [5.41, 5.74) is 1.35. The quantitative estimate of drug-likeness (QED) is 0.813. The van der Waals surface area contributed by atoms with E-state index in [1.54, 1.807) is 11.1 Å². The van der Waals surface area contributed by atoms with Gasteiger partial charge in [0.15, 0.2) is 0 Å². The molecular weight excluding hydrogens is 288 g/mol. The molecule has 3 heterocycles. The van der Waals surface area contributed by atoms with Crippen molar-refractivity contribution in [2.75, 3.05) is 0 Å². The number of benzene rings is 1. The van der Waals surface area contributed by atoms with Gasteiger partial charge in [-0.05, 0) is 25.0 Å². The normalized spacial score (nSPS) is 22.5. The first-order valence-corrected chi connectivity index (χ1v) is 7.22. The van der Waals surface area contributed by atoms with Crippen LogP contribution >= 0.6 is 0 Å². The molecule has 2 aliphatic rings. The van der Waals surface area contributed by atoms with Gasteiger partial charge in [0, 0.05) is 24.2 Å². The van der Waals surface area contributed by atoms with Gasteiger partial charge in [0.05, 0.1) is 11.7 Å². The lowest BCUT2D eigenvalue weighted by atomic mass is 9.98. The predicted octanol–water partition coefficient (Wildman–Crippen LogP) is 2.66. The van der Waals surface area contributed by atoms with Crippen LogP contribution in [-0.2, 0) is 6.42 Å². The maximum atomic E-state index is 13.9. The molecule has 0 saturated carbocycles. The molecule has 6 heteroatoms. The third-order valence-electron chi connectivity index (χ3n) is 4.53. The Morgan fingerprint density at radius 2 is 2.00 bits per heavy atom. The number of rotatable bonds is 1. The molecular formula is C16H13F2N3O. The second-order valence-electron chi connectivity index (χ2n) is 5.68. The van der Waals surface area contributed by atoms with Gasteiger partial charge in [-0.25, -0.2) is 18.7 Å². The molecule has 2 unspecified atom stereocenters. The molecule has 2 bridgehead atoms. The Kier molecular flexibility index (Phi) is 2.92. The molecule has 4 rings (SSSR count). The second kappa shape index (κ2) is 4.83. The molecule has 0 radical (unpaired) electrons. The topological polar surface area (TPSA) is 46.1 Å². The molecule has 1 aromatic heterocycles. The summed E-state index contributed by atoms with van der Waals surface area (Å²) in [5.74, 6) is -2.23. The van der Waals surface area contributed by atoms with E-state index in [4.69, 9.17) is 0 Å². The largest absolute Gasteiger partial charge is 0.328 e. The number of hydrogen-bond donors (Lipinski definition) is 0. The van der Waals surface area contributed by atoms with Crippen molar-refractivity contribution in [1.82, 2.24) is 14.9 Å². The lowest BCUT2D eigenvalue weighted by Crippen LogP contribution is -2.43. The van der Waals surface area contributed by atoms with Crippen LogP contribution in [0.4, 0.5) is 8.78 Å². The van der Waals surface area contributed by atoms with Crippen LogP contribution in [0.5, 0.6) is 0 Å². The van der Waals surface area contributed by atoms with Gasteiger partial charge in [0.25, 0.3) is 5.91 Å². The summed E-state index contributed by atoms with van der Waals surface area (Å²) in [5, 5.41) is 0. The van der Waals surface area contributed by atoms with E-state index in [0.717, 1.165) is 36.2 Å². The predicted molar refractivity (Wildman–Crippen MR) is 74.0 cm³/mol. The number of hydrogen-bond acceptors (Lipinski definition) is 3. The SMILES string of the molecule is O=C(c1c(F)cccc1F)N1C2CCC1c1cncnc1C2. The van der Waals surface area contributed by atoms with Crippen LogP contribution in [-0.4, -0.2) is 26.8 Å². The molecule has 1 aromatic carbocycles. The fraction of sp³-hybridized carbons (Fsp3) is 0.312. The zero-order valence-corrected chi connectivity index (χ0v) is 11.7. The number of nitrogens with zero attached hydrogens (tertiary/aromatic N) is 3. The highest BCUT2D eigenvalue weighted by Crippen LogP contribution is 2.43. The lowest BCUT2D eigenvalue weighted by molar-refractivity contribution is 0.0633. The number of amides is 1. The molecule has 1 saturated heterocycles. The molecule has 2 atom stereocenters. The Labute approximate surface area is 125 Å². The maximum Gasteiger partial charge on any atom is 0.260 e. The van der Waals surface area contributed by atoms with E-state index in [0.29, 0.717) is 6.42 Å². The van der Waals surface area contributed by atoms with Gasteiger partial charge in [-0.3, -0.25) is 4.79 Å². The monoisotopic (exact) mass is 301 g/mol. The Bertz CT molecular complexity index is 745. The van der Waals surface area contributed by atoms with E-state index in [9.17, 15) is 13.6 Å². The highest BCUT2D eigenvalue weighted by Gasteiger charge is 2.44. The highest BCUT2D eigenvalue weighted by atomic mass is 19.1. The Hall–Kier alpha value is -2.37. The lowest BCUT2D eigenvalue weighted by Gasteiger charge is -2.35. The van der Waals surface area contributed by atoms with E-state index in [1.165, 1.54) is 12.4 Å². The van der Waals surface area contributed by atoms with E-state index >= 15 is 0 Å². The van der Waals surface area contributed by atoms with Gasteiger partial charge in [-0.1, -0.05) is 6.07 Å². The molecule has 0 aliphatic carbocycles. The average Bonchev–Trinajstić information content (AvgIpc) is 2.82. The van der Waals surface area contributed by atoms with E-state index in [1.807, 2.05) is 0 Å². The summed E-state index contributed by atoms with van der Waals surface area (Å²) in [6.07, 6.45) is 5.38. The first kappa shape index (κ1) is 13.3. The van der Waals surface area contributed by atoms with Gasteiger partial charge in [-0.15, -0.1) is 0 Å². The molecule has 0 spiro atoms. The third-order valence-corrected chi connectivity index (χ3v) is 4.53. The summed E-state index contributed by atoms with van der Waals surface area (Å²) in [6.45, 7) is 0. The van der Waals surface area contributed by atoms with Gasteiger partial charge in [0.2, 0.25) is 0 Å². The van der Waals surface area contributed by atoms with Crippen LogP contribution in [0.2, 0.25) is 0 Å². The van der Waals surface area contributed by atoms with Crippen molar-refractivity contribution in [3.8, 4) is 0 Å². The van der Waals surface area contributed by atoms with Crippen molar-refractivity contribution in [3.05, 3.63) is 59.2 Å². The van der Waals surface area contributed by atoms with E-state index in [-0.39, 0.29) is 12.1 Å². The molecule has 112 valence electrons. The first-order valence-electron chi connectivity index (χ1n) is 7.22. The summed E-state index contributed by atoms with van der Waals surface area (Å²) >= 11 is 0. The second-order valence-corrected chi connectivity index (χ2v) is 5.68. The standard InChI is InChI=1S/C16H13F2N3O/c17-11-2-1-3-12(18)15(11)16(22)21-9-4-5-14(21)10-7-19-8-20-13(10)6-9/h1-3,7-9,14H,4-6H2. The first-order chi connectivity index (χ1) is 10.7. The van der Waals surface area contributed by atoms with Gasteiger partial charge < -0.3 is 4.90 Å². The van der Waals surface area contributed by atoms with E-state index in [2.05, 4.69) is 9.97 Å². The van der Waals surface area contributed by atoms with Crippen LogP contribution in [0.1, 0.15) is 40.5 Å². The van der Waals surface area contributed by atoms with Crippen LogP contribution in [0.15, 0.2) is 30.7 Å². The molecule has 1 fully saturated rings. The number of aromatic nitrogens is 2. The summed E-state index contributed by atoms with van der Waals surface area (Å²) in [4.78, 5) is 22.6. The molecule has 1 amide bonds. The molecule has 2 aliphatic heterocycles. The molecule has 4 nitrogen and oxygen atoms in total. The Morgan fingerprint density at radius 3 is 2.77 bits per heavy atom. The zero-order chi connectivity index (χ0) is 15.3. The molecule has 0 N–H and O–H groups in total. The van der Waals surface area contributed by atoms with Crippen LogP contribution in [0.3, 0.4) is 0 Å². The molecule has 22 heavy (non-hydrogen) atoms. The number of halogens is 2. The average molecular weight is 301 g/mol. The van der Waals surface area contributed by atoms with E-state index < -0.39 is 23.1 Å². The van der Waals surface area contributed by atoms with Crippen molar-refractivity contribution in [3.63, 3.8) is 0 Å². The fourth-order valence-corrected chi connectivity index (χ4v) is 3.57. The van der Waals surface area contributed by atoms with Crippen molar-refractivity contribution >= 4 is 5.91 Å². The number of carbonyl (C=O) groups excluding carboxylic acids is 1. The Morgan fingerprint density at radius 1 is 1.23 bits per heavy atom. The minimum Gasteiger partial charge on any atom is -0.328 e. The van der Waals surface area contributed by atoms with Crippen LogP contribution in [0.25, 0.3) is 0 Å². The fourth-order valence-electron chi connectivity index (χ4n) is 3.57. The van der Waals surface area contributed by atoms with Gasteiger partial charge in [-0.2, -0.15) is 0 Å². The van der Waals surface area contributed by atoms with Crippen molar-refractivity contribution in [1.29, 1.82) is 0 Å². The van der Waals surface area contributed by atoms with Crippen molar-refractivity contribution in [2.24, 2.45) is 0 Å². The minimum atomic E-state index is -0.820. The van der Waals surface area contributed by atoms with Gasteiger partial charge in [0.1, 0.15) is 23.5 Å². The zero-order valence-electron chi connectivity index (χ0n) is 11.7. The summed E-state index contributed by atoms with van der Waals surface area (Å²) < 4.78 is 27.8. The highest BCUT2D eigenvalue weighted by molar-refractivity contribution is 5.95. The third kappa shape index (κ3) is 1.83. The van der Waals surface area contributed by atoms with Gasteiger partial charge >= 0.3 is 0 Å². The van der Waals surface area contributed by atoms with Crippen molar-refractivity contribution in [2.45, 2.75) is 31.3 Å². The number of fused-ring (bicyclic) bond motifs is 4. The maximum absolute atomic E-state index is 13.9. The summed E-state index contributed by atoms with van der Waals surface area (Å²) in [6, 6.07) is 3.23.